The van der Waals surface area contributed by atoms with Crippen molar-refractivity contribution in [2.45, 2.75) is 46.1 Å². The van der Waals surface area contributed by atoms with Gasteiger partial charge in [-0.15, -0.1) is 10.2 Å². The Bertz CT molecular complexity index is 787. The molecule has 0 saturated carbocycles. The van der Waals surface area contributed by atoms with Gasteiger partial charge in [0.25, 0.3) is 0 Å². The number of anilines is 1. The van der Waals surface area contributed by atoms with E-state index >= 15 is 0 Å². The minimum Gasteiger partial charge on any atom is -0.366 e. The fraction of sp³-hybridized carbons (Fsp3) is 0.500. The Balaban J connectivity index is 1.89. The Hall–Kier alpha value is -2.44. The van der Waals surface area contributed by atoms with E-state index in [1.54, 1.807) is 10.8 Å². The average molecular weight is 313 g/mol. The van der Waals surface area contributed by atoms with Crippen LogP contribution >= 0.6 is 0 Å². The first-order chi connectivity index (χ1) is 11.1. The summed E-state index contributed by atoms with van der Waals surface area (Å²) in [6, 6.07) is 4.23. The molecule has 0 aliphatic carbocycles. The van der Waals surface area contributed by atoms with E-state index in [1.807, 2.05) is 0 Å². The van der Waals surface area contributed by atoms with Crippen LogP contribution < -0.4 is 4.90 Å². The van der Waals surface area contributed by atoms with Crippen molar-refractivity contribution in [3.8, 4) is 0 Å². The van der Waals surface area contributed by atoms with Crippen molar-refractivity contribution in [2.75, 3.05) is 11.9 Å². The highest BCUT2D eigenvalue weighted by molar-refractivity contribution is 5.68. The molecule has 122 valence electrons. The molecule has 1 N–H and O–H groups in total. The number of hydrogen-bond donors (Lipinski definition) is 1. The summed E-state index contributed by atoms with van der Waals surface area (Å²) in [5, 5.41) is 20.2. The summed E-state index contributed by atoms with van der Waals surface area (Å²) >= 11 is 0. The Morgan fingerprint density at radius 3 is 2.87 bits per heavy atom. The van der Waals surface area contributed by atoms with Gasteiger partial charge in [0.1, 0.15) is 6.33 Å². The summed E-state index contributed by atoms with van der Waals surface area (Å²) in [6.07, 6.45) is 3.75. The highest BCUT2D eigenvalue weighted by atomic mass is 15.4. The average Bonchev–Trinajstić information content (AvgIpc) is 3.15. The van der Waals surface area contributed by atoms with Gasteiger partial charge in [-0.25, -0.2) is 0 Å². The lowest BCUT2D eigenvalue weighted by Gasteiger charge is -2.20. The van der Waals surface area contributed by atoms with Crippen LogP contribution in [0.15, 0.2) is 18.5 Å². The zero-order chi connectivity index (χ0) is 16.4. The quantitative estimate of drug-likeness (QED) is 0.757. The summed E-state index contributed by atoms with van der Waals surface area (Å²) < 4.78 is 1.75. The van der Waals surface area contributed by atoms with Crippen LogP contribution in [0.1, 0.15) is 50.2 Å². The molecule has 3 aromatic heterocycles. The number of aromatic nitrogens is 6. The van der Waals surface area contributed by atoms with E-state index in [-0.39, 0.29) is 0 Å². The van der Waals surface area contributed by atoms with Gasteiger partial charge in [0.05, 0.1) is 29.3 Å². The van der Waals surface area contributed by atoms with Crippen LogP contribution in [0, 0.1) is 0 Å². The second kappa shape index (κ2) is 6.36. The molecule has 0 aliphatic heterocycles. The summed E-state index contributed by atoms with van der Waals surface area (Å²) in [5.74, 6) is 0.345. The lowest BCUT2D eigenvalue weighted by molar-refractivity contribution is 0.756. The summed E-state index contributed by atoms with van der Waals surface area (Å²) in [4.78, 5) is 2.15. The summed E-state index contributed by atoms with van der Waals surface area (Å²) in [5.41, 5.74) is 5.02. The second-order valence-electron chi connectivity index (χ2n) is 6.20. The van der Waals surface area contributed by atoms with Crippen molar-refractivity contribution in [2.24, 2.45) is 0 Å². The van der Waals surface area contributed by atoms with E-state index in [0.717, 1.165) is 47.8 Å². The molecule has 0 bridgehead atoms. The predicted molar refractivity (Wildman–Crippen MR) is 89.6 cm³/mol. The third-order valence-corrected chi connectivity index (χ3v) is 3.87. The van der Waals surface area contributed by atoms with Crippen LogP contribution in [0.2, 0.25) is 0 Å². The number of H-pyrrole nitrogens is 1. The van der Waals surface area contributed by atoms with E-state index in [0.29, 0.717) is 5.92 Å². The van der Waals surface area contributed by atoms with E-state index in [2.05, 4.69) is 70.3 Å². The lowest BCUT2D eigenvalue weighted by atomic mass is 10.1. The maximum Gasteiger partial charge on any atom is 0.200 e. The molecular weight excluding hydrogens is 290 g/mol. The van der Waals surface area contributed by atoms with Crippen molar-refractivity contribution < 1.29 is 0 Å². The normalized spacial score (nSPS) is 11.5. The van der Waals surface area contributed by atoms with Crippen LogP contribution in [0.3, 0.4) is 0 Å². The highest BCUT2D eigenvalue weighted by Crippen LogP contribution is 2.24. The van der Waals surface area contributed by atoms with Crippen LogP contribution in [0.4, 0.5) is 5.69 Å². The zero-order valence-corrected chi connectivity index (χ0v) is 14.1. The van der Waals surface area contributed by atoms with Gasteiger partial charge in [-0.1, -0.05) is 27.2 Å². The molecule has 3 aromatic rings. The maximum atomic E-state index is 4.56. The van der Waals surface area contributed by atoms with Crippen molar-refractivity contribution in [1.29, 1.82) is 0 Å². The summed E-state index contributed by atoms with van der Waals surface area (Å²) in [7, 11) is 2.05. The van der Waals surface area contributed by atoms with Gasteiger partial charge in [0, 0.05) is 7.05 Å². The van der Waals surface area contributed by atoms with E-state index < -0.39 is 0 Å². The largest absolute Gasteiger partial charge is 0.366 e. The molecule has 0 aliphatic rings. The molecule has 3 heterocycles. The topological polar surface area (TPSA) is 75.0 Å². The fourth-order valence-electron chi connectivity index (χ4n) is 2.61. The molecule has 0 fully saturated rings. The van der Waals surface area contributed by atoms with Crippen molar-refractivity contribution in [3.05, 3.63) is 35.5 Å². The molecular formula is C16H23N7. The highest BCUT2D eigenvalue weighted by Gasteiger charge is 2.14. The van der Waals surface area contributed by atoms with Gasteiger partial charge in [0.2, 0.25) is 5.65 Å². The van der Waals surface area contributed by atoms with Gasteiger partial charge >= 0.3 is 0 Å². The number of nitrogens with zero attached hydrogens (tertiary/aromatic N) is 6. The number of aromatic amines is 1. The zero-order valence-electron chi connectivity index (χ0n) is 14.1. The van der Waals surface area contributed by atoms with Gasteiger partial charge in [-0.2, -0.15) is 14.7 Å². The van der Waals surface area contributed by atoms with Gasteiger partial charge in [-0.05, 0) is 24.5 Å². The van der Waals surface area contributed by atoms with Crippen LogP contribution in [0.25, 0.3) is 5.65 Å². The smallest absolute Gasteiger partial charge is 0.200 e. The predicted octanol–water partition coefficient (Wildman–Crippen LogP) is 2.56. The minimum atomic E-state index is 0.345. The van der Waals surface area contributed by atoms with Gasteiger partial charge in [-0.3, -0.25) is 5.10 Å². The van der Waals surface area contributed by atoms with E-state index in [9.17, 15) is 0 Å². The third-order valence-electron chi connectivity index (χ3n) is 3.87. The van der Waals surface area contributed by atoms with Gasteiger partial charge < -0.3 is 4.90 Å². The van der Waals surface area contributed by atoms with E-state index in [1.165, 1.54) is 0 Å². The Labute approximate surface area is 135 Å². The molecule has 0 amide bonds. The third kappa shape index (κ3) is 3.18. The monoisotopic (exact) mass is 313 g/mol. The Morgan fingerprint density at radius 2 is 2.13 bits per heavy atom. The van der Waals surface area contributed by atoms with Crippen LogP contribution in [-0.2, 0) is 13.0 Å². The lowest BCUT2D eigenvalue weighted by Crippen LogP contribution is -2.19. The molecule has 7 nitrogen and oxygen atoms in total. The molecule has 7 heteroatoms. The first-order valence-electron chi connectivity index (χ1n) is 8.03. The molecule has 0 radical (unpaired) electrons. The first kappa shape index (κ1) is 15.5. The summed E-state index contributed by atoms with van der Waals surface area (Å²) in [6.45, 7) is 7.16. The maximum absolute atomic E-state index is 4.56. The number of aryl methyl sites for hydroxylation is 1. The minimum absolute atomic E-state index is 0.345. The van der Waals surface area contributed by atoms with Crippen molar-refractivity contribution >= 4 is 11.3 Å². The molecule has 0 unspecified atom stereocenters. The number of rotatable bonds is 6. The van der Waals surface area contributed by atoms with Crippen LogP contribution in [-0.4, -0.2) is 37.1 Å². The molecule has 0 aromatic carbocycles. The van der Waals surface area contributed by atoms with Crippen molar-refractivity contribution in [1.82, 2.24) is 30.0 Å². The second-order valence-corrected chi connectivity index (χ2v) is 6.20. The fourth-order valence-corrected chi connectivity index (χ4v) is 2.61. The first-order valence-corrected chi connectivity index (χ1v) is 8.03. The number of fused-ring (bicyclic) bond motifs is 1. The number of nitrogens with one attached hydrogen (secondary N) is 1. The molecule has 0 saturated heterocycles. The molecule has 23 heavy (non-hydrogen) atoms. The Kier molecular flexibility index (Phi) is 4.27. The SMILES string of the molecule is CCCc1cc(CN(C)c2cc(C(C)C)nn3cnnc23)[nH]n1. The molecule has 0 spiro atoms. The van der Waals surface area contributed by atoms with Gasteiger partial charge in [0.15, 0.2) is 0 Å². The molecule has 3 rings (SSSR count). The standard InChI is InChI=1S/C16H23N7/c1-5-6-12-7-13(19-18-12)9-22(4)15-8-14(11(2)3)21-23-10-17-20-16(15)23/h7-8,10-11H,5-6,9H2,1-4H3,(H,18,19). The van der Waals surface area contributed by atoms with Crippen molar-refractivity contribution in [3.63, 3.8) is 0 Å². The van der Waals surface area contributed by atoms with E-state index in [4.69, 9.17) is 0 Å². The molecule has 0 atom stereocenters. The Morgan fingerprint density at radius 1 is 1.30 bits per heavy atom. The number of hydrogen-bond acceptors (Lipinski definition) is 5. The van der Waals surface area contributed by atoms with Crippen LogP contribution in [0.5, 0.6) is 0 Å².